The second-order valence-corrected chi connectivity index (χ2v) is 4.40. The molecular weight excluding hydrogens is 232 g/mol. The fourth-order valence-electron chi connectivity index (χ4n) is 1.97. The summed E-state index contributed by atoms with van der Waals surface area (Å²) >= 11 is 0. The number of nitrogens with zero attached hydrogens (tertiary/aromatic N) is 1. The van der Waals surface area contributed by atoms with Gasteiger partial charge >= 0.3 is 5.97 Å². The number of hydrogen-bond donors (Lipinski definition) is 2. The number of rotatable bonds is 4. The Morgan fingerprint density at radius 3 is 2.56 bits per heavy atom. The van der Waals surface area contributed by atoms with Crippen molar-refractivity contribution < 1.29 is 14.7 Å². The predicted octanol–water partition coefficient (Wildman–Crippen LogP) is 1.70. The van der Waals surface area contributed by atoms with Crippen molar-refractivity contribution in [3.05, 3.63) is 24.3 Å². The minimum absolute atomic E-state index is 0.148. The van der Waals surface area contributed by atoms with Crippen LogP contribution in [0.3, 0.4) is 0 Å². The third kappa shape index (κ3) is 2.61. The van der Waals surface area contributed by atoms with Crippen LogP contribution in [0.25, 0.3) is 0 Å². The van der Waals surface area contributed by atoms with E-state index in [-0.39, 0.29) is 5.91 Å². The van der Waals surface area contributed by atoms with Gasteiger partial charge in [-0.05, 0) is 37.6 Å². The van der Waals surface area contributed by atoms with Crippen LogP contribution in [0.5, 0.6) is 0 Å². The Bertz CT molecular complexity index is 456. The number of carboxylic acid groups (broad SMARTS) is 1. The number of nitrogens with one attached hydrogen (secondary N) is 1. The average molecular weight is 248 g/mol. The van der Waals surface area contributed by atoms with Gasteiger partial charge in [0.1, 0.15) is 6.04 Å². The van der Waals surface area contributed by atoms with Crippen LogP contribution in [-0.4, -0.2) is 29.6 Å². The fraction of sp³-hybridized carbons (Fsp3) is 0.385. The number of amides is 1. The molecule has 0 radical (unpaired) electrons. The molecule has 1 aliphatic heterocycles. The first-order valence-corrected chi connectivity index (χ1v) is 5.97. The van der Waals surface area contributed by atoms with Crippen molar-refractivity contribution in [3.63, 3.8) is 0 Å². The summed E-state index contributed by atoms with van der Waals surface area (Å²) in [5.41, 5.74) is 1.60. The van der Waals surface area contributed by atoms with Gasteiger partial charge in [0.05, 0.1) is 0 Å². The molecule has 1 amide bonds. The number of anilines is 2. The van der Waals surface area contributed by atoms with Crippen molar-refractivity contribution in [2.45, 2.75) is 25.8 Å². The van der Waals surface area contributed by atoms with Crippen LogP contribution in [0.15, 0.2) is 24.3 Å². The van der Waals surface area contributed by atoms with Crippen molar-refractivity contribution in [1.29, 1.82) is 0 Å². The zero-order valence-electron chi connectivity index (χ0n) is 10.2. The Kier molecular flexibility index (Phi) is 3.50. The molecule has 5 heteroatoms. The molecule has 0 aliphatic carbocycles. The number of carbonyl (C=O) groups excluding carboxylic acids is 1. The third-order valence-electron chi connectivity index (χ3n) is 3.01. The van der Waals surface area contributed by atoms with Gasteiger partial charge in [0.25, 0.3) is 0 Å². The Morgan fingerprint density at radius 2 is 2.06 bits per heavy atom. The van der Waals surface area contributed by atoms with Gasteiger partial charge in [-0.1, -0.05) is 0 Å². The quantitative estimate of drug-likeness (QED) is 0.850. The molecule has 2 N–H and O–H groups in total. The lowest BCUT2D eigenvalue weighted by Crippen LogP contribution is -2.25. The van der Waals surface area contributed by atoms with E-state index in [0.717, 1.165) is 24.3 Å². The average Bonchev–Trinajstić information content (AvgIpc) is 2.76. The number of hydrogen-bond acceptors (Lipinski definition) is 3. The summed E-state index contributed by atoms with van der Waals surface area (Å²) in [6, 6.07) is 6.62. The van der Waals surface area contributed by atoms with E-state index >= 15 is 0 Å². The predicted molar refractivity (Wildman–Crippen MR) is 68.7 cm³/mol. The topological polar surface area (TPSA) is 69.6 Å². The Morgan fingerprint density at radius 1 is 1.39 bits per heavy atom. The van der Waals surface area contributed by atoms with E-state index in [1.54, 1.807) is 24.0 Å². The molecule has 1 aromatic rings. The van der Waals surface area contributed by atoms with Crippen molar-refractivity contribution in [2.75, 3.05) is 16.8 Å². The van der Waals surface area contributed by atoms with Gasteiger partial charge < -0.3 is 15.3 Å². The number of benzene rings is 1. The Hall–Kier alpha value is -2.04. The van der Waals surface area contributed by atoms with Crippen molar-refractivity contribution in [2.24, 2.45) is 0 Å². The number of carbonyl (C=O) groups is 2. The van der Waals surface area contributed by atoms with Gasteiger partial charge in [-0.2, -0.15) is 0 Å². The molecule has 1 heterocycles. The van der Waals surface area contributed by atoms with Crippen LogP contribution < -0.4 is 10.2 Å². The molecule has 1 aromatic carbocycles. The standard InChI is InChI=1S/C13H16N2O3/c1-9(13(17)18)14-10-4-6-11(7-5-10)15-8-2-3-12(15)16/h4-7,9,14H,2-3,8H2,1H3,(H,17,18). The van der Waals surface area contributed by atoms with E-state index in [1.165, 1.54) is 0 Å². The van der Waals surface area contributed by atoms with Crippen molar-refractivity contribution in [1.82, 2.24) is 0 Å². The molecule has 0 aromatic heterocycles. The van der Waals surface area contributed by atoms with Gasteiger partial charge in [-0.25, -0.2) is 0 Å². The van der Waals surface area contributed by atoms with E-state index in [2.05, 4.69) is 5.32 Å². The number of carboxylic acids is 1. The largest absolute Gasteiger partial charge is 0.480 e. The lowest BCUT2D eigenvalue weighted by molar-refractivity contribution is -0.137. The van der Waals surface area contributed by atoms with E-state index in [0.29, 0.717) is 6.42 Å². The summed E-state index contributed by atoms with van der Waals surface area (Å²) in [5.74, 6) is -0.747. The summed E-state index contributed by atoms with van der Waals surface area (Å²) in [5, 5.41) is 11.7. The van der Waals surface area contributed by atoms with Gasteiger partial charge in [0.2, 0.25) is 5.91 Å². The lowest BCUT2D eigenvalue weighted by Gasteiger charge is -2.17. The van der Waals surface area contributed by atoms with Crippen LogP contribution in [0.2, 0.25) is 0 Å². The normalized spacial score (nSPS) is 16.7. The molecule has 1 atom stereocenters. The van der Waals surface area contributed by atoms with Crippen molar-refractivity contribution in [3.8, 4) is 0 Å². The third-order valence-corrected chi connectivity index (χ3v) is 3.01. The highest BCUT2D eigenvalue weighted by Crippen LogP contribution is 2.23. The SMILES string of the molecule is CC(Nc1ccc(N2CCCC2=O)cc1)C(=O)O. The zero-order valence-corrected chi connectivity index (χ0v) is 10.2. The van der Waals surface area contributed by atoms with E-state index in [4.69, 9.17) is 5.11 Å². The van der Waals surface area contributed by atoms with Crippen molar-refractivity contribution >= 4 is 23.3 Å². The molecule has 96 valence electrons. The van der Waals surface area contributed by atoms with Gasteiger partial charge in [-0.3, -0.25) is 9.59 Å². The molecule has 1 unspecified atom stereocenters. The minimum atomic E-state index is -0.895. The van der Waals surface area contributed by atoms with E-state index < -0.39 is 12.0 Å². The monoisotopic (exact) mass is 248 g/mol. The Balaban J connectivity index is 2.05. The molecule has 5 nitrogen and oxygen atoms in total. The highest BCUT2D eigenvalue weighted by Gasteiger charge is 2.21. The molecular formula is C13H16N2O3. The molecule has 18 heavy (non-hydrogen) atoms. The Labute approximate surface area is 105 Å². The van der Waals surface area contributed by atoms with Gasteiger partial charge in [0, 0.05) is 24.3 Å². The first-order valence-electron chi connectivity index (χ1n) is 5.97. The van der Waals surface area contributed by atoms with Gasteiger partial charge in [-0.15, -0.1) is 0 Å². The maximum Gasteiger partial charge on any atom is 0.325 e. The molecule has 1 aliphatic rings. The smallest absolute Gasteiger partial charge is 0.325 e. The molecule has 0 bridgehead atoms. The molecule has 2 rings (SSSR count). The van der Waals surface area contributed by atoms with Crippen LogP contribution in [-0.2, 0) is 9.59 Å². The zero-order chi connectivity index (χ0) is 13.1. The molecule has 1 fully saturated rings. The fourth-order valence-corrected chi connectivity index (χ4v) is 1.97. The first-order chi connectivity index (χ1) is 8.58. The van der Waals surface area contributed by atoms with Crippen LogP contribution in [0, 0.1) is 0 Å². The van der Waals surface area contributed by atoms with E-state index in [9.17, 15) is 9.59 Å². The number of aliphatic carboxylic acids is 1. The summed E-state index contributed by atoms with van der Waals surface area (Å²) in [6.45, 7) is 2.34. The second-order valence-electron chi connectivity index (χ2n) is 4.40. The molecule has 0 saturated carbocycles. The molecule has 1 saturated heterocycles. The second kappa shape index (κ2) is 5.08. The van der Waals surface area contributed by atoms with Crippen LogP contribution in [0.4, 0.5) is 11.4 Å². The van der Waals surface area contributed by atoms with E-state index in [1.807, 2.05) is 12.1 Å². The first kappa shape index (κ1) is 12.4. The maximum atomic E-state index is 11.6. The summed E-state index contributed by atoms with van der Waals surface area (Å²) in [4.78, 5) is 24.0. The van der Waals surface area contributed by atoms with Gasteiger partial charge in [0.15, 0.2) is 0 Å². The highest BCUT2D eigenvalue weighted by atomic mass is 16.4. The van der Waals surface area contributed by atoms with Crippen LogP contribution in [0.1, 0.15) is 19.8 Å². The summed E-state index contributed by atoms with van der Waals surface area (Å²) in [7, 11) is 0. The van der Waals surface area contributed by atoms with Crippen LogP contribution >= 0.6 is 0 Å². The summed E-state index contributed by atoms with van der Waals surface area (Å²) < 4.78 is 0. The lowest BCUT2D eigenvalue weighted by atomic mass is 10.2. The highest BCUT2D eigenvalue weighted by molar-refractivity contribution is 5.95. The maximum absolute atomic E-state index is 11.6. The summed E-state index contributed by atoms with van der Waals surface area (Å²) in [6.07, 6.45) is 1.50. The minimum Gasteiger partial charge on any atom is -0.480 e. The molecule has 0 spiro atoms.